The lowest BCUT2D eigenvalue weighted by molar-refractivity contribution is 0.0268. The Balaban J connectivity index is 1.98. The summed E-state index contributed by atoms with van der Waals surface area (Å²) in [4.78, 5) is 17.8. The second kappa shape index (κ2) is 6.52. The van der Waals surface area contributed by atoms with Crippen LogP contribution in [-0.2, 0) is 4.74 Å². The maximum absolute atomic E-state index is 12.1. The fourth-order valence-corrected chi connectivity index (χ4v) is 2.52. The number of amides is 1. The van der Waals surface area contributed by atoms with Gasteiger partial charge in [-0.25, -0.2) is 4.79 Å². The molecule has 1 saturated heterocycles. The van der Waals surface area contributed by atoms with Crippen molar-refractivity contribution in [2.24, 2.45) is 5.92 Å². The van der Waals surface area contributed by atoms with Crippen LogP contribution in [0.4, 0.5) is 4.79 Å². The quantitative estimate of drug-likeness (QED) is 0.928. The van der Waals surface area contributed by atoms with Crippen molar-refractivity contribution in [3.63, 3.8) is 0 Å². The highest BCUT2D eigenvalue weighted by atomic mass is 16.6. The first kappa shape index (κ1) is 16.5. The summed E-state index contributed by atoms with van der Waals surface area (Å²) in [6.07, 6.45) is 2.96. The second-order valence-electron chi connectivity index (χ2n) is 6.58. The van der Waals surface area contributed by atoms with Crippen molar-refractivity contribution in [3.8, 4) is 5.75 Å². The molecule has 2 rings (SSSR count). The van der Waals surface area contributed by atoms with Gasteiger partial charge in [0.05, 0.1) is 19.4 Å². The first-order valence-corrected chi connectivity index (χ1v) is 7.45. The highest BCUT2D eigenvalue weighted by Crippen LogP contribution is 2.31. The van der Waals surface area contributed by atoms with Gasteiger partial charge < -0.3 is 19.5 Å². The van der Waals surface area contributed by atoms with Crippen molar-refractivity contribution in [2.75, 3.05) is 20.2 Å². The minimum atomic E-state index is -0.671. The van der Waals surface area contributed by atoms with E-state index in [9.17, 15) is 9.90 Å². The lowest BCUT2D eigenvalue weighted by Crippen LogP contribution is -2.35. The zero-order chi connectivity index (χ0) is 16.3. The van der Waals surface area contributed by atoms with Gasteiger partial charge in [-0.2, -0.15) is 0 Å². The van der Waals surface area contributed by atoms with E-state index in [0.29, 0.717) is 24.4 Å². The zero-order valence-corrected chi connectivity index (χ0v) is 13.6. The number of aliphatic hydroxyl groups excluding tert-OH is 1. The Morgan fingerprint density at radius 1 is 1.45 bits per heavy atom. The molecular weight excluding hydrogens is 284 g/mol. The number of aliphatic hydroxyl groups is 1. The Morgan fingerprint density at radius 3 is 2.82 bits per heavy atom. The molecule has 1 aromatic heterocycles. The van der Waals surface area contributed by atoms with Gasteiger partial charge in [0.25, 0.3) is 0 Å². The van der Waals surface area contributed by atoms with Gasteiger partial charge >= 0.3 is 6.09 Å². The van der Waals surface area contributed by atoms with Crippen LogP contribution in [0.2, 0.25) is 0 Å². The molecular formula is C16H24N2O4. The fourth-order valence-electron chi connectivity index (χ4n) is 2.52. The maximum Gasteiger partial charge on any atom is 0.410 e. The average Bonchev–Trinajstić information content (AvgIpc) is 2.94. The van der Waals surface area contributed by atoms with E-state index in [0.717, 1.165) is 6.42 Å². The number of pyridine rings is 1. The van der Waals surface area contributed by atoms with Crippen LogP contribution in [0.25, 0.3) is 0 Å². The van der Waals surface area contributed by atoms with Crippen LogP contribution >= 0.6 is 0 Å². The number of aromatic nitrogens is 1. The number of carbonyl (C=O) groups excluding carboxylic acids is 1. The predicted octanol–water partition coefficient (Wildman–Crippen LogP) is 2.38. The van der Waals surface area contributed by atoms with Crippen molar-refractivity contribution >= 4 is 6.09 Å². The predicted molar refractivity (Wildman–Crippen MR) is 81.7 cm³/mol. The third-order valence-electron chi connectivity index (χ3n) is 3.63. The van der Waals surface area contributed by atoms with Gasteiger partial charge in [-0.3, -0.25) is 4.98 Å². The van der Waals surface area contributed by atoms with E-state index < -0.39 is 11.7 Å². The van der Waals surface area contributed by atoms with Crippen LogP contribution in [0.1, 0.15) is 38.9 Å². The fraction of sp³-hybridized carbons (Fsp3) is 0.625. The molecule has 22 heavy (non-hydrogen) atoms. The molecule has 1 amide bonds. The Kier molecular flexibility index (Phi) is 4.90. The standard InChI is InChI=1S/C16H24N2O4/c1-16(2,3)22-15(20)18-6-5-11(10-18)14(19)12-7-13(21-4)9-17-8-12/h7-9,11,14,19H,5-6,10H2,1-4H3. The third kappa shape index (κ3) is 4.10. The summed E-state index contributed by atoms with van der Waals surface area (Å²) in [6, 6.07) is 1.77. The third-order valence-corrected chi connectivity index (χ3v) is 3.63. The molecule has 2 heterocycles. The topological polar surface area (TPSA) is 71.9 Å². The van der Waals surface area contributed by atoms with Gasteiger partial charge in [-0.15, -0.1) is 0 Å². The smallest absolute Gasteiger partial charge is 0.410 e. The number of ether oxygens (including phenoxy) is 2. The van der Waals surface area contributed by atoms with E-state index in [1.165, 1.54) is 0 Å². The molecule has 0 saturated carbocycles. The Bertz CT molecular complexity index is 527. The number of rotatable bonds is 3. The molecule has 0 aromatic carbocycles. The largest absolute Gasteiger partial charge is 0.495 e. The minimum absolute atomic E-state index is 0.0265. The van der Waals surface area contributed by atoms with Crippen LogP contribution < -0.4 is 4.74 Å². The van der Waals surface area contributed by atoms with E-state index in [4.69, 9.17) is 9.47 Å². The van der Waals surface area contributed by atoms with Gasteiger partial charge in [0, 0.05) is 30.8 Å². The van der Waals surface area contributed by atoms with Crippen molar-refractivity contribution in [3.05, 3.63) is 24.0 Å². The van der Waals surface area contributed by atoms with Crippen molar-refractivity contribution in [1.29, 1.82) is 0 Å². The van der Waals surface area contributed by atoms with E-state index in [1.807, 2.05) is 20.8 Å². The summed E-state index contributed by atoms with van der Waals surface area (Å²) in [5.41, 5.74) is 0.195. The number of carbonyl (C=O) groups is 1. The summed E-state index contributed by atoms with van der Waals surface area (Å²) in [5, 5.41) is 10.5. The summed E-state index contributed by atoms with van der Waals surface area (Å²) < 4.78 is 10.5. The molecule has 2 atom stereocenters. The van der Waals surface area contributed by atoms with Crippen LogP contribution in [0.5, 0.6) is 5.75 Å². The summed E-state index contributed by atoms with van der Waals surface area (Å²) in [7, 11) is 1.56. The Morgan fingerprint density at radius 2 is 2.18 bits per heavy atom. The van der Waals surface area contributed by atoms with Crippen molar-refractivity contribution < 1.29 is 19.4 Å². The number of methoxy groups -OCH3 is 1. The average molecular weight is 308 g/mol. The molecule has 122 valence electrons. The molecule has 0 bridgehead atoms. The Hall–Kier alpha value is -1.82. The van der Waals surface area contributed by atoms with Crippen LogP contribution in [-0.4, -0.2) is 46.9 Å². The second-order valence-corrected chi connectivity index (χ2v) is 6.58. The summed E-state index contributed by atoms with van der Waals surface area (Å²) >= 11 is 0. The van der Waals surface area contributed by atoms with E-state index >= 15 is 0 Å². The van der Waals surface area contributed by atoms with E-state index in [-0.39, 0.29) is 12.0 Å². The normalized spacial score (nSPS) is 19.9. The maximum atomic E-state index is 12.1. The van der Waals surface area contributed by atoms with Crippen LogP contribution in [0, 0.1) is 5.92 Å². The highest BCUT2D eigenvalue weighted by molar-refractivity contribution is 5.68. The van der Waals surface area contributed by atoms with Gasteiger partial charge in [-0.05, 0) is 33.3 Å². The molecule has 1 aliphatic heterocycles. The zero-order valence-electron chi connectivity index (χ0n) is 13.6. The molecule has 6 heteroatoms. The van der Waals surface area contributed by atoms with Crippen LogP contribution in [0.15, 0.2) is 18.5 Å². The molecule has 1 aliphatic rings. The molecule has 1 fully saturated rings. The SMILES string of the molecule is COc1cncc(C(O)C2CCN(C(=O)OC(C)(C)C)C2)c1. The first-order valence-electron chi connectivity index (χ1n) is 7.45. The number of hydrogen-bond acceptors (Lipinski definition) is 5. The lowest BCUT2D eigenvalue weighted by atomic mass is 9.96. The molecule has 1 aromatic rings. The Labute approximate surface area is 131 Å². The van der Waals surface area contributed by atoms with Crippen molar-refractivity contribution in [1.82, 2.24) is 9.88 Å². The number of nitrogens with zero attached hydrogens (tertiary/aromatic N) is 2. The summed E-state index contributed by atoms with van der Waals surface area (Å²) in [5.74, 6) is 0.583. The molecule has 0 radical (unpaired) electrons. The van der Waals surface area contributed by atoms with E-state index in [1.54, 1.807) is 30.5 Å². The monoisotopic (exact) mass is 308 g/mol. The van der Waals surface area contributed by atoms with Gasteiger partial charge in [0.2, 0.25) is 0 Å². The molecule has 1 N–H and O–H groups in total. The van der Waals surface area contributed by atoms with Gasteiger partial charge in [-0.1, -0.05) is 0 Å². The molecule has 0 aliphatic carbocycles. The van der Waals surface area contributed by atoms with Crippen LogP contribution in [0.3, 0.4) is 0 Å². The van der Waals surface area contributed by atoms with Gasteiger partial charge in [0.15, 0.2) is 0 Å². The first-order chi connectivity index (χ1) is 10.3. The lowest BCUT2D eigenvalue weighted by Gasteiger charge is -2.25. The molecule has 2 unspecified atom stereocenters. The molecule has 0 spiro atoms. The minimum Gasteiger partial charge on any atom is -0.495 e. The number of likely N-dealkylation sites (tertiary alicyclic amines) is 1. The number of hydrogen-bond donors (Lipinski definition) is 1. The summed E-state index contributed by atoms with van der Waals surface area (Å²) in [6.45, 7) is 6.60. The van der Waals surface area contributed by atoms with E-state index in [2.05, 4.69) is 4.98 Å². The van der Waals surface area contributed by atoms with Gasteiger partial charge in [0.1, 0.15) is 11.4 Å². The van der Waals surface area contributed by atoms with Crippen molar-refractivity contribution in [2.45, 2.75) is 38.9 Å². The molecule has 6 nitrogen and oxygen atoms in total. The highest BCUT2D eigenvalue weighted by Gasteiger charge is 2.34.